The minimum atomic E-state index is 0.683. The average molecular weight is 260 g/mol. The maximum Gasteiger partial charge on any atom is 0.0218 e. The van der Waals surface area contributed by atoms with Crippen LogP contribution in [-0.2, 0) is 0 Å². The molecule has 0 radical (unpaired) electrons. The SMILES string of the molecule is CC[C@H](CN1CCN(C)[C@@H](CC)C1)c1ccccc1. The van der Waals surface area contributed by atoms with Gasteiger partial charge >= 0.3 is 0 Å². The van der Waals surface area contributed by atoms with Crippen LogP contribution in [0.4, 0.5) is 0 Å². The molecular weight excluding hydrogens is 232 g/mol. The summed E-state index contributed by atoms with van der Waals surface area (Å²) in [6.07, 6.45) is 2.49. The molecule has 2 rings (SSSR count). The van der Waals surface area contributed by atoms with Crippen molar-refractivity contribution in [2.75, 3.05) is 33.2 Å². The Labute approximate surface area is 118 Å². The fourth-order valence-electron chi connectivity index (χ4n) is 3.12. The van der Waals surface area contributed by atoms with E-state index in [2.05, 4.69) is 61.0 Å². The summed E-state index contributed by atoms with van der Waals surface area (Å²) in [4.78, 5) is 5.18. The van der Waals surface area contributed by atoms with Crippen molar-refractivity contribution in [1.82, 2.24) is 9.80 Å². The molecule has 2 heteroatoms. The monoisotopic (exact) mass is 260 g/mol. The lowest BCUT2D eigenvalue weighted by atomic mass is 9.95. The molecule has 0 unspecified atom stereocenters. The quantitative estimate of drug-likeness (QED) is 0.802. The molecule has 0 bridgehead atoms. The smallest absolute Gasteiger partial charge is 0.0218 e. The van der Waals surface area contributed by atoms with Crippen molar-refractivity contribution in [2.24, 2.45) is 0 Å². The fraction of sp³-hybridized carbons (Fsp3) is 0.647. The van der Waals surface area contributed by atoms with Crippen molar-refractivity contribution in [3.63, 3.8) is 0 Å². The molecule has 1 aromatic rings. The summed E-state index contributed by atoms with van der Waals surface area (Å²) < 4.78 is 0. The van der Waals surface area contributed by atoms with E-state index in [9.17, 15) is 0 Å². The highest BCUT2D eigenvalue weighted by atomic mass is 15.3. The van der Waals surface area contributed by atoms with E-state index in [0.29, 0.717) is 5.92 Å². The lowest BCUT2D eigenvalue weighted by Gasteiger charge is -2.40. The predicted octanol–water partition coefficient (Wildman–Crippen LogP) is 3.21. The summed E-state index contributed by atoms with van der Waals surface area (Å²) in [6.45, 7) is 9.49. The van der Waals surface area contributed by atoms with E-state index in [1.807, 2.05) is 0 Å². The van der Waals surface area contributed by atoms with E-state index in [0.717, 1.165) is 6.04 Å². The molecule has 2 atom stereocenters. The predicted molar refractivity (Wildman–Crippen MR) is 82.6 cm³/mol. The number of piperazine rings is 1. The van der Waals surface area contributed by atoms with Crippen molar-refractivity contribution < 1.29 is 0 Å². The molecule has 0 aliphatic carbocycles. The van der Waals surface area contributed by atoms with Crippen LogP contribution in [-0.4, -0.2) is 49.1 Å². The molecule has 1 aromatic carbocycles. The summed E-state index contributed by atoms with van der Waals surface area (Å²) in [5.41, 5.74) is 1.50. The van der Waals surface area contributed by atoms with E-state index in [1.54, 1.807) is 0 Å². The zero-order chi connectivity index (χ0) is 13.7. The third-order valence-corrected chi connectivity index (χ3v) is 4.57. The molecule has 0 amide bonds. The number of hydrogen-bond donors (Lipinski definition) is 0. The van der Waals surface area contributed by atoms with Crippen molar-refractivity contribution >= 4 is 0 Å². The van der Waals surface area contributed by atoms with Crippen LogP contribution in [0.2, 0.25) is 0 Å². The Hall–Kier alpha value is -0.860. The zero-order valence-corrected chi connectivity index (χ0v) is 12.7. The van der Waals surface area contributed by atoms with Crippen LogP contribution in [0, 0.1) is 0 Å². The van der Waals surface area contributed by atoms with Gasteiger partial charge in [0.15, 0.2) is 0 Å². The third-order valence-electron chi connectivity index (χ3n) is 4.57. The number of nitrogens with zero attached hydrogens (tertiary/aromatic N) is 2. The molecule has 0 spiro atoms. The molecule has 1 saturated heterocycles. The van der Waals surface area contributed by atoms with E-state index in [1.165, 1.54) is 44.6 Å². The minimum absolute atomic E-state index is 0.683. The average Bonchev–Trinajstić information content (AvgIpc) is 2.47. The first kappa shape index (κ1) is 14.5. The molecular formula is C17H28N2. The van der Waals surface area contributed by atoms with Crippen LogP contribution in [0.25, 0.3) is 0 Å². The Morgan fingerprint density at radius 1 is 1.16 bits per heavy atom. The molecule has 0 N–H and O–H groups in total. The highest BCUT2D eigenvalue weighted by Crippen LogP contribution is 2.22. The second-order valence-corrected chi connectivity index (χ2v) is 5.82. The van der Waals surface area contributed by atoms with Crippen LogP contribution >= 0.6 is 0 Å². The van der Waals surface area contributed by atoms with Crippen LogP contribution in [0.3, 0.4) is 0 Å². The highest BCUT2D eigenvalue weighted by Gasteiger charge is 2.24. The summed E-state index contributed by atoms with van der Waals surface area (Å²) in [5, 5.41) is 0. The second kappa shape index (κ2) is 7.06. The van der Waals surface area contributed by atoms with Crippen LogP contribution in [0.1, 0.15) is 38.2 Å². The van der Waals surface area contributed by atoms with E-state index >= 15 is 0 Å². The van der Waals surface area contributed by atoms with Gasteiger partial charge in [0, 0.05) is 32.2 Å². The van der Waals surface area contributed by atoms with Gasteiger partial charge in [-0.15, -0.1) is 0 Å². The van der Waals surface area contributed by atoms with Gasteiger partial charge in [-0.25, -0.2) is 0 Å². The molecule has 1 fully saturated rings. The molecule has 19 heavy (non-hydrogen) atoms. The largest absolute Gasteiger partial charge is 0.301 e. The number of benzene rings is 1. The van der Waals surface area contributed by atoms with Crippen LogP contribution < -0.4 is 0 Å². The summed E-state index contributed by atoms with van der Waals surface area (Å²) in [5.74, 6) is 0.683. The van der Waals surface area contributed by atoms with Crippen LogP contribution in [0.15, 0.2) is 30.3 Å². The van der Waals surface area contributed by atoms with Gasteiger partial charge in [0.2, 0.25) is 0 Å². The summed E-state index contributed by atoms with van der Waals surface area (Å²) >= 11 is 0. The van der Waals surface area contributed by atoms with Gasteiger partial charge in [-0.3, -0.25) is 4.90 Å². The Kier molecular flexibility index (Phi) is 5.41. The normalized spacial score (nSPS) is 23.4. The van der Waals surface area contributed by atoms with E-state index < -0.39 is 0 Å². The minimum Gasteiger partial charge on any atom is -0.301 e. The van der Waals surface area contributed by atoms with Gasteiger partial charge in [-0.05, 0) is 31.4 Å². The Morgan fingerprint density at radius 3 is 2.53 bits per heavy atom. The molecule has 1 aliphatic rings. The highest BCUT2D eigenvalue weighted by molar-refractivity contribution is 5.19. The molecule has 1 aliphatic heterocycles. The van der Waals surface area contributed by atoms with Crippen LogP contribution in [0.5, 0.6) is 0 Å². The molecule has 1 heterocycles. The van der Waals surface area contributed by atoms with Gasteiger partial charge in [0.25, 0.3) is 0 Å². The Morgan fingerprint density at radius 2 is 1.89 bits per heavy atom. The Balaban J connectivity index is 1.96. The summed E-state index contributed by atoms with van der Waals surface area (Å²) in [6, 6.07) is 11.7. The van der Waals surface area contributed by atoms with Gasteiger partial charge in [-0.1, -0.05) is 44.2 Å². The maximum absolute atomic E-state index is 2.66. The standard InChI is InChI=1S/C17H28N2/c1-4-15(16-9-7-6-8-10-16)13-19-12-11-18(3)17(5-2)14-19/h6-10,15,17H,4-5,11-14H2,1-3H3/t15-,17+/m1/s1. The van der Waals surface area contributed by atoms with Crippen molar-refractivity contribution in [1.29, 1.82) is 0 Å². The first-order chi connectivity index (χ1) is 9.24. The number of rotatable bonds is 5. The summed E-state index contributed by atoms with van der Waals surface area (Å²) in [7, 11) is 2.26. The lowest BCUT2D eigenvalue weighted by molar-refractivity contribution is 0.0883. The third kappa shape index (κ3) is 3.80. The molecule has 106 valence electrons. The van der Waals surface area contributed by atoms with E-state index in [4.69, 9.17) is 0 Å². The van der Waals surface area contributed by atoms with Crippen molar-refractivity contribution in [3.05, 3.63) is 35.9 Å². The van der Waals surface area contributed by atoms with Gasteiger partial charge in [-0.2, -0.15) is 0 Å². The number of likely N-dealkylation sites (N-methyl/N-ethyl adjacent to an activating group) is 1. The van der Waals surface area contributed by atoms with Crippen molar-refractivity contribution in [2.45, 2.75) is 38.6 Å². The maximum atomic E-state index is 2.66. The first-order valence-electron chi connectivity index (χ1n) is 7.72. The van der Waals surface area contributed by atoms with Crippen molar-refractivity contribution in [3.8, 4) is 0 Å². The zero-order valence-electron chi connectivity index (χ0n) is 12.7. The fourth-order valence-corrected chi connectivity index (χ4v) is 3.12. The first-order valence-corrected chi connectivity index (χ1v) is 7.72. The number of hydrogen-bond acceptors (Lipinski definition) is 2. The molecule has 0 saturated carbocycles. The molecule has 0 aromatic heterocycles. The van der Waals surface area contributed by atoms with Gasteiger partial charge < -0.3 is 4.90 Å². The van der Waals surface area contributed by atoms with Gasteiger partial charge in [0.05, 0.1) is 0 Å². The second-order valence-electron chi connectivity index (χ2n) is 5.82. The van der Waals surface area contributed by atoms with Gasteiger partial charge in [0.1, 0.15) is 0 Å². The molecule has 2 nitrogen and oxygen atoms in total. The van der Waals surface area contributed by atoms with E-state index in [-0.39, 0.29) is 0 Å². The lowest BCUT2D eigenvalue weighted by Crippen LogP contribution is -2.51. The topological polar surface area (TPSA) is 6.48 Å². The Bertz CT molecular complexity index is 363.